The lowest BCUT2D eigenvalue weighted by Crippen LogP contribution is -2.47. The van der Waals surface area contributed by atoms with Crippen LogP contribution in [-0.2, 0) is 15.8 Å². The maximum absolute atomic E-state index is 15.5. The molecule has 2 aromatic rings. The van der Waals surface area contributed by atoms with Gasteiger partial charge < -0.3 is 23.9 Å². The molecule has 2 fully saturated rings. The van der Waals surface area contributed by atoms with Gasteiger partial charge in [0, 0.05) is 51.9 Å². The molecule has 0 radical (unpaired) electrons. The topological polar surface area (TPSA) is 54.0 Å². The van der Waals surface area contributed by atoms with Crippen LogP contribution in [0.25, 0.3) is 0 Å². The summed E-state index contributed by atoms with van der Waals surface area (Å²) in [5, 5.41) is 0.0974. The second-order valence-corrected chi connectivity index (χ2v) is 16.2. The van der Waals surface area contributed by atoms with Crippen molar-refractivity contribution in [2.45, 2.75) is 64.5 Å². The van der Waals surface area contributed by atoms with Crippen molar-refractivity contribution in [3.05, 3.63) is 42.0 Å². The predicted octanol–water partition coefficient (Wildman–Crippen LogP) is 5.08. The molecule has 36 heavy (non-hydrogen) atoms. The number of hydrogen-bond acceptors (Lipinski definition) is 7. The van der Waals surface area contributed by atoms with E-state index in [1.54, 1.807) is 7.11 Å². The number of methoxy groups -OCH3 is 1. The molecule has 2 aliphatic heterocycles. The van der Waals surface area contributed by atoms with Crippen molar-refractivity contribution in [2.75, 3.05) is 61.1 Å². The van der Waals surface area contributed by atoms with Crippen LogP contribution < -0.4 is 14.7 Å². The van der Waals surface area contributed by atoms with Gasteiger partial charge >= 0.3 is 0 Å². The predicted molar refractivity (Wildman–Crippen MR) is 147 cm³/mol. The lowest BCUT2D eigenvalue weighted by molar-refractivity contribution is 0.0816. The average molecular weight is 516 g/mol. The molecule has 0 bridgehead atoms. The van der Waals surface area contributed by atoms with Gasteiger partial charge in [0.25, 0.3) is 0 Å². The van der Waals surface area contributed by atoms with Crippen molar-refractivity contribution in [3.8, 4) is 0 Å². The van der Waals surface area contributed by atoms with Crippen molar-refractivity contribution in [1.29, 1.82) is 0 Å². The fourth-order valence-electron chi connectivity index (χ4n) is 4.53. The number of piperidine rings is 1. The summed E-state index contributed by atoms with van der Waals surface area (Å²) in [6.07, 6.45) is 6.18. The molecule has 0 N–H and O–H groups in total. The Balaban J connectivity index is 1.34. The third kappa shape index (κ3) is 6.00. The van der Waals surface area contributed by atoms with Crippen LogP contribution >= 0.6 is 0 Å². The van der Waals surface area contributed by atoms with E-state index in [0.717, 1.165) is 63.7 Å². The van der Waals surface area contributed by atoms with E-state index in [2.05, 4.69) is 58.5 Å². The SMILES string of the molecule is COC1CCN(c2ncc(N3CCN(c4cccc(CO[Si](C)(C)C(C)(C)C)c4F)CC3)cn2)CC1. The average Bonchev–Trinajstić information content (AvgIpc) is 2.88. The van der Waals surface area contributed by atoms with Gasteiger partial charge in [-0.2, -0.15) is 0 Å². The molecule has 1 aromatic carbocycles. The highest BCUT2D eigenvalue weighted by Crippen LogP contribution is 2.37. The van der Waals surface area contributed by atoms with E-state index < -0.39 is 8.32 Å². The number of benzene rings is 1. The van der Waals surface area contributed by atoms with Crippen LogP contribution in [0, 0.1) is 5.82 Å². The van der Waals surface area contributed by atoms with Crippen LogP contribution in [0.15, 0.2) is 30.6 Å². The third-order valence-electron chi connectivity index (χ3n) is 8.12. The fraction of sp³-hybridized carbons (Fsp3) is 0.630. The lowest BCUT2D eigenvalue weighted by atomic mass is 10.1. The number of anilines is 3. The number of rotatable bonds is 7. The van der Waals surface area contributed by atoms with Gasteiger partial charge in [0.2, 0.25) is 5.95 Å². The Bertz CT molecular complexity index is 998. The minimum Gasteiger partial charge on any atom is -0.412 e. The third-order valence-corrected chi connectivity index (χ3v) is 12.6. The zero-order chi connectivity index (χ0) is 25.9. The van der Waals surface area contributed by atoms with E-state index in [9.17, 15) is 0 Å². The largest absolute Gasteiger partial charge is 0.412 e. The molecular weight excluding hydrogens is 473 g/mol. The number of aromatic nitrogens is 2. The van der Waals surface area contributed by atoms with Gasteiger partial charge in [-0.25, -0.2) is 14.4 Å². The van der Waals surface area contributed by atoms with Crippen LogP contribution in [0.2, 0.25) is 18.1 Å². The summed E-state index contributed by atoms with van der Waals surface area (Å²) in [6, 6.07) is 5.67. The van der Waals surface area contributed by atoms with Gasteiger partial charge in [-0.15, -0.1) is 0 Å². The van der Waals surface area contributed by atoms with Gasteiger partial charge in [0.15, 0.2) is 14.1 Å². The van der Waals surface area contributed by atoms with Gasteiger partial charge in [0.05, 0.1) is 36.5 Å². The molecular formula is C27H42FN5O2Si. The van der Waals surface area contributed by atoms with Crippen LogP contribution in [0.1, 0.15) is 39.2 Å². The van der Waals surface area contributed by atoms with E-state index in [1.165, 1.54) is 0 Å². The summed E-state index contributed by atoms with van der Waals surface area (Å²) in [5.74, 6) is 0.625. The summed E-state index contributed by atoms with van der Waals surface area (Å²) in [5.41, 5.74) is 2.32. The second kappa shape index (κ2) is 11.0. The van der Waals surface area contributed by atoms with Gasteiger partial charge in [-0.1, -0.05) is 32.9 Å². The standard InChI is InChI=1S/C27H42FN5O2Si/c1-27(2,3)36(5,6)35-20-21-8-7-9-24(25(21)28)32-16-14-31(15-17-32)22-18-29-26(30-19-22)33-12-10-23(34-4)11-13-33/h7-9,18-19,23H,10-17,20H2,1-6H3. The zero-order valence-corrected chi connectivity index (χ0v) is 23.8. The van der Waals surface area contributed by atoms with E-state index >= 15 is 4.39 Å². The molecule has 0 unspecified atom stereocenters. The van der Waals surface area contributed by atoms with E-state index in [4.69, 9.17) is 9.16 Å². The van der Waals surface area contributed by atoms with Crippen LogP contribution in [0.3, 0.4) is 0 Å². The first-order valence-corrected chi connectivity index (χ1v) is 16.0. The molecule has 2 aliphatic rings. The molecule has 198 valence electrons. The molecule has 0 saturated carbocycles. The fourth-order valence-corrected chi connectivity index (χ4v) is 5.48. The van der Waals surface area contributed by atoms with E-state index in [0.29, 0.717) is 24.0 Å². The van der Waals surface area contributed by atoms with E-state index in [1.807, 2.05) is 30.6 Å². The Labute approximate surface area is 216 Å². The summed E-state index contributed by atoms with van der Waals surface area (Å²) < 4.78 is 27.2. The van der Waals surface area contributed by atoms with Gasteiger partial charge in [-0.05, 0) is 37.0 Å². The molecule has 7 nitrogen and oxygen atoms in total. The molecule has 0 aliphatic carbocycles. The minimum atomic E-state index is -1.94. The monoisotopic (exact) mass is 515 g/mol. The van der Waals surface area contributed by atoms with Crippen molar-refractivity contribution < 1.29 is 13.6 Å². The summed E-state index contributed by atoms with van der Waals surface area (Å²) in [6.45, 7) is 16.3. The maximum Gasteiger partial charge on any atom is 0.225 e. The zero-order valence-electron chi connectivity index (χ0n) is 22.8. The number of hydrogen-bond donors (Lipinski definition) is 0. The molecule has 1 aromatic heterocycles. The Morgan fingerprint density at radius 2 is 1.56 bits per heavy atom. The number of halogens is 1. The Hall–Kier alpha value is -2.23. The first-order chi connectivity index (χ1) is 17.1. The smallest absolute Gasteiger partial charge is 0.225 e. The molecule has 4 rings (SSSR count). The molecule has 9 heteroatoms. The first-order valence-electron chi connectivity index (χ1n) is 13.1. The summed E-state index contributed by atoms with van der Waals surface area (Å²) in [4.78, 5) is 15.9. The molecule has 0 spiro atoms. The molecule has 0 amide bonds. The van der Waals surface area contributed by atoms with E-state index in [-0.39, 0.29) is 10.9 Å². The van der Waals surface area contributed by atoms with Crippen LogP contribution in [0.4, 0.5) is 21.7 Å². The summed E-state index contributed by atoms with van der Waals surface area (Å²) >= 11 is 0. The normalized spacial score (nSPS) is 18.1. The highest BCUT2D eigenvalue weighted by molar-refractivity contribution is 6.74. The molecule has 3 heterocycles. The Morgan fingerprint density at radius 3 is 2.14 bits per heavy atom. The van der Waals surface area contributed by atoms with Gasteiger partial charge in [-0.3, -0.25) is 0 Å². The number of piperazine rings is 1. The highest BCUT2D eigenvalue weighted by Gasteiger charge is 2.37. The Kier molecular flexibility index (Phi) is 8.21. The van der Waals surface area contributed by atoms with Crippen molar-refractivity contribution in [3.63, 3.8) is 0 Å². The number of nitrogens with zero attached hydrogens (tertiary/aromatic N) is 5. The quantitative estimate of drug-likeness (QED) is 0.477. The van der Waals surface area contributed by atoms with Crippen molar-refractivity contribution >= 4 is 25.6 Å². The number of ether oxygens (including phenoxy) is 1. The highest BCUT2D eigenvalue weighted by atomic mass is 28.4. The maximum atomic E-state index is 15.5. The lowest BCUT2D eigenvalue weighted by Gasteiger charge is -2.38. The summed E-state index contributed by atoms with van der Waals surface area (Å²) in [7, 11) is -0.163. The van der Waals surface area contributed by atoms with Crippen LogP contribution in [0.5, 0.6) is 0 Å². The molecule has 2 saturated heterocycles. The first kappa shape index (κ1) is 26.8. The van der Waals surface area contributed by atoms with Crippen LogP contribution in [-0.4, -0.2) is 70.8 Å². The minimum absolute atomic E-state index is 0.0974. The van der Waals surface area contributed by atoms with Gasteiger partial charge in [0.1, 0.15) is 0 Å². The second-order valence-electron chi connectivity index (χ2n) is 11.4. The Morgan fingerprint density at radius 1 is 0.944 bits per heavy atom. The van der Waals surface area contributed by atoms with Crippen molar-refractivity contribution in [2.24, 2.45) is 0 Å². The molecule has 0 atom stereocenters. The van der Waals surface area contributed by atoms with Crippen molar-refractivity contribution in [1.82, 2.24) is 9.97 Å².